The molecule has 4 heteroatoms. The van der Waals surface area contributed by atoms with Crippen LogP contribution in [0.25, 0.3) is 0 Å². The van der Waals surface area contributed by atoms with E-state index in [-0.39, 0.29) is 0 Å². The van der Waals surface area contributed by atoms with Gasteiger partial charge in [0.05, 0.1) is 12.2 Å². The fraction of sp³-hybridized carbons (Fsp3) is 0.571. The Morgan fingerprint density at radius 1 is 1.64 bits per heavy atom. The Hall–Kier alpha value is -0.870. The van der Waals surface area contributed by atoms with E-state index >= 15 is 0 Å². The van der Waals surface area contributed by atoms with Crippen LogP contribution in [0.4, 0.5) is 0 Å². The second-order valence-electron chi connectivity index (χ2n) is 2.72. The minimum atomic E-state index is 0.799. The van der Waals surface area contributed by atoms with Gasteiger partial charge in [-0.25, -0.2) is 10.4 Å². The lowest BCUT2D eigenvalue weighted by atomic mass is 10.5. The maximum absolute atomic E-state index is 4.08. The number of nitrogens with zero attached hydrogens (tertiary/aromatic N) is 2. The lowest BCUT2D eigenvalue weighted by Crippen LogP contribution is -2.29. The number of hydrogen-bond acceptors (Lipinski definition) is 3. The van der Waals surface area contributed by atoms with Crippen molar-refractivity contribution in [3.05, 3.63) is 17.7 Å². The molecule has 0 aliphatic heterocycles. The van der Waals surface area contributed by atoms with Gasteiger partial charge >= 0.3 is 0 Å². The molecular weight excluding hydrogens is 140 g/mol. The molecule has 0 bridgehead atoms. The molecule has 0 radical (unpaired) electrons. The van der Waals surface area contributed by atoms with Gasteiger partial charge in [0.2, 0.25) is 0 Å². The minimum absolute atomic E-state index is 0.799. The van der Waals surface area contributed by atoms with Crippen LogP contribution in [0.5, 0.6) is 0 Å². The number of rotatable bonds is 3. The normalized spacial score (nSPS) is 10.9. The third kappa shape index (κ3) is 2.69. The number of imidazole rings is 1. The van der Waals surface area contributed by atoms with Crippen LogP contribution < -0.4 is 5.43 Å². The highest BCUT2D eigenvalue weighted by Gasteiger charge is 1.95. The van der Waals surface area contributed by atoms with Crippen LogP contribution >= 0.6 is 0 Å². The predicted molar refractivity (Wildman–Crippen MR) is 43.9 cm³/mol. The number of aromatic amines is 1. The average molecular weight is 154 g/mol. The summed E-state index contributed by atoms with van der Waals surface area (Å²) < 4.78 is 0. The van der Waals surface area contributed by atoms with Crippen molar-refractivity contribution in [3.8, 4) is 0 Å². The first-order valence-corrected chi connectivity index (χ1v) is 3.60. The Morgan fingerprint density at radius 3 is 2.82 bits per heavy atom. The van der Waals surface area contributed by atoms with E-state index in [1.807, 2.05) is 32.2 Å². The molecule has 1 rings (SSSR count). The molecule has 62 valence electrons. The molecule has 0 spiro atoms. The average Bonchev–Trinajstić information content (AvgIpc) is 2.31. The first-order valence-electron chi connectivity index (χ1n) is 3.60. The summed E-state index contributed by atoms with van der Waals surface area (Å²) in [5.74, 6) is 0.959. The second-order valence-corrected chi connectivity index (χ2v) is 2.72. The van der Waals surface area contributed by atoms with E-state index in [9.17, 15) is 0 Å². The monoisotopic (exact) mass is 154 g/mol. The van der Waals surface area contributed by atoms with Gasteiger partial charge in [0.25, 0.3) is 0 Å². The molecule has 0 saturated heterocycles. The van der Waals surface area contributed by atoms with Crippen molar-refractivity contribution in [2.45, 2.75) is 13.5 Å². The summed E-state index contributed by atoms with van der Waals surface area (Å²) in [6.45, 7) is 2.74. The Morgan fingerprint density at radius 2 is 2.36 bits per heavy atom. The van der Waals surface area contributed by atoms with Crippen molar-refractivity contribution in [3.63, 3.8) is 0 Å². The Labute approximate surface area is 66.6 Å². The molecule has 0 amide bonds. The van der Waals surface area contributed by atoms with Crippen LogP contribution in [-0.2, 0) is 6.54 Å². The molecule has 2 N–H and O–H groups in total. The van der Waals surface area contributed by atoms with Gasteiger partial charge in [-0.3, -0.25) is 5.01 Å². The van der Waals surface area contributed by atoms with E-state index in [4.69, 9.17) is 0 Å². The van der Waals surface area contributed by atoms with E-state index < -0.39 is 0 Å². The first kappa shape index (κ1) is 8.23. The fourth-order valence-electron chi connectivity index (χ4n) is 0.805. The second kappa shape index (κ2) is 3.50. The molecule has 0 unspecified atom stereocenters. The summed E-state index contributed by atoms with van der Waals surface area (Å²) in [6.07, 6.45) is 1.84. The van der Waals surface area contributed by atoms with Gasteiger partial charge in [-0.1, -0.05) is 0 Å². The van der Waals surface area contributed by atoms with Crippen molar-refractivity contribution < 1.29 is 0 Å². The zero-order valence-corrected chi connectivity index (χ0v) is 7.18. The minimum Gasteiger partial charge on any atom is -0.345 e. The van der Waals surface area contributed by atoms with Gasteiger partial charge in [0.15, 0.2) is 0 Å². The highest BCUT2D eigenvalue weighted by Crippen LogP contribution is 1.93. The van der Waals surface area contributed by atoms with Gasteiger partial charge in [-0.05, 0) is 6.92 Å². The van der Waals surface area contributed by atoms with E-state index in [0.29, 0.717) is 0 Å². The summed E-state index contributed by atoms with van der Waals surface area (Å²) >= 11 is 0. The standard InChI is InChI=1S/C7H14N4/c1-6-8-4-7(10-6)5-9-11(2)3/h4,9H,5H2,1-3H3,(H,8,10). The molecular formula is C7H14N4. The lowest BCUT2D eigenvalue weighted by molar-refractivity contribution is 0.284. The SMILES string of the molecule is Cc1ncc(CNN(C)C)[nH]1. The maximum Gasteiger partial charge on any atom is 0.103 e. The Kier molecular flexibility index (Phi) is 2.62. The molecule has 0 aliphatic carbocycles. The highest BCUT2D eigenvalue weighted by atomic mass is 15.5. The number of aryl methyl sites for hydroxylation is 1. The zero-order valence-electron chi connectivity index (χ0n) is 7.18. The quantitative estimate of drug-likeness (QED) is 0.615. The summed E-state index contributed by atoms with van der Waals surface area (Å²) in [5, 5.41) is 1.91. The fourth-order valence-corrected chi connectivity index (χ4v) is 0.805. The number of H-pyrrole nitrogens is 1. The molecule has 0 atom stereocenters. The van der Waals surface area contributed by atoms with Crippen LogP contribution in [0.3, 0.4) is 0 Å². The Bertz CT molecular complexity index is 216. The van der Waals surface area contributed by atoms with Crippen LogP contribution in [0, 0.1) is 6.92 Å². The summed E-state index contributed by atoms with van der Waals surface area (Å²) in [6, 6.07) is 0. The lowest BCUT2D eigenvalue weighted by Gasteiger charge is -2.09. The van der Waals surface area contributed by atoms with Crippen LogP contribution in [-0.4, -0.2) is 29.1 Å². The number of aromatic nitrogens is 2. The largest absolute Gasteiger partial charge is 0.345 e. The number of hydrogen-bond donors (Lipinski definition) is 2. The molecule has 0 aromatic carbocycles. The molecule has 0 saturated carbocycles. The van der Waals surface area contributed by atoms with E-state index in [2.05, 4.69) is 15.4 Å². The van der Waals surface area contributed by atoms with Gasteiger partial charge in [0, 0.05) is 20.3 Å². The topological polar surface area (TPSA) is 44.0 Å². The van der Waals surface area contributed by atoms with Crippen molar-refractivity contribution in [1.29, 1.82) is 0 Å². The molecule has 4 nitrogen and oxygen atoms in total. The van der Waals surface area contributed by atoms with Gasteiger partial charge in [-0.15, -0.1) is 0 Å². The van der Waals surface area contributed by atoms with Gasteiger partial charge in [-0.2, -0.15) is 0 Å². The van der Waals surface area contributed by atoms with Gasteiger partial charge < -0.3 is 4.98 Å². The molecule has 1 heterocycles. The summed E-state index contributed by atoms with van der Waals surface area (Å²) in [5.41, 5.74) is 4.24. The van der Waals surface area contributed by atoms with Crippen LogP contribution in [0.1, 0.15) is 11.5 Å². The van der Waals surface area contributed by atoms with Crippen molar-refractivity contribution in [2.75, 3.05) is 14.1 Å². The van der Waals surface area contributed by atoms with E-state index in [1.165, 1.54) is 0 Å². The van der Waals surface area contributed by atoms with E-state index in [1.54, 1.807) is 0 Å². The summed E-state index contributed by atoms with van der Waals surface area (Å²) in [7, 11) is 3.92. The smallest absolute Gasteiger partial charge is 0.103 e. The van der Waals surface area contributed by atoms with Crippen LogP contribution in [0.15, 0.2) is 6.20 Å². The van der Waals surface area contributed by atoms with Crippen LogP contribution in [0.2, 0.25) is 0 Å². The molecule has 1 aromatic heterocycles. The van der Waals surface area contributed by atoms with Crippen molar-refractivity contribution in [2.24, 2.45) is 0 Å². The number of hydrazine groups is 1. The summed E-state index contributed by atoms with van der Waals surface area (Å²) in [4.78, 5) is 7.21. The van der Waals surface area contributed by atoms with E-state index in [0.717, 1.165) is 18.1 Å². The predicted octanol–water partition coefficient (Wildman–Crippen LogP) is 0.284. The van der Waals surface area contributed by atoms with Crippen molar-refractivity contribution in [1.82, 2.24) is 20.4 Å². The molecule has 11 heavy (non-hydrogen) atoms. The first-order chi connectivity index (χ1) is 5.18. The molecule has 0 fully saturated rings. The molecule has 1 aromatic rings. The Balaban J connectivity index is 2.39. The highest BCUT2D eigenvalue weighted by molar-refractivity contribution is 4.98. The zero-order chi connectivity index (χ0) is 8.27. The third-order valence-corrected chi connectivity index (χ3v) is 1.34. The van der Waals surface area contributed by atoms with Crippen molar-refractivity contribution >= 4 is 0 Å². The third-order valence-electron chi connectivity index (χ3n) is 1.34. The van der Waals surface area contributed by atoms with Gasteiger partial charge in [0.1, 0.15) is 5.82 Å². The maximum atomic E-state index is 4.08. The number of nitrogens with one attached hydrogen (secondary N) is 2. The molecule has 0 aliphatic rings.